The van der Waals surface area contributed by atoms with Crippen LogP contribution in [0.1, 0.15) is 48.8 Å². The molecule has 3 aromatic carbocycles. The van der Waals surface area contributed by atoms with Crippen LogP contribution in [0.25, 0.3) is 6.08 Å². The molecule has 1 heterocycles. The zero-order valence-electron chi connectivity index (χ0n) is 16.5. The molecule has 0 bridgehead atoms. The highest BCUT2D eigenvalue weighted by Crippen LogP contribution is 2.52. The van der Waals surface area contributed by atoms with Crippen LogP contribution < -0.4 is 4.90 Å². The second kappa shape index (κ2) is 7.31. The number of fused-ring (bicyclic) bond motifs is 3. The fourth-order valence-corrected chi connectivity index (χ4v) is 5.14. The molecule has 2 aliphatic rings. The molecule has 28 heavy (non-hydrogen) atoms. The monoisotopic (exact) mass is 365 g/mol. The maximum Gasteiger partial charge on any atom is 0.0450 e. The Labute approximate surface area is 168 Å². The molecular weight excluding hydrogens is 338 g/mol. The minimum atomic E-state index is 0.627. The number of benzene rings is 3. The van der Waals surface area contributed by atoms with Gasteiger partial charge in [0.2, 0.25) is 0 Å². The van der Waals surface area contributed by atoms with Gasteiger partial charge in [0.1, 0.15) is 0 Å². The Hall–Kier alpha value is -2.80. The Kier molecular flexibility index (Phi) is 4.52. The van der Waals surface area contributed by atoms with Crippen molar-refractivity contribution in [2.45, 2.75) is 44.6 Å². The van der Waals surface area contributed by atoms with Crippen LogP contribution in [0.3, 0.4) is 0 Å². The van der Waals surface area contributed by atoms with E-state index in [0.717, 1.165) is 6.42 Å². The minimum Gasteiger partial charge on any atom is -0.338 e. The first-order valence-corrected chi connectivity index (χ1v) is 10.5. The van der Waals surface area contributed by atoms with Crippen molar-refractivity contribution in [2.75, 3.05) is 4.90 Å². The summed E-state index contributed by atoms with van der Waals surface area (Å²) in [6.45, 7) is 2.24. The van der Waals surface area contributed by atoms with Gasteiger partial charge in [0.25, 0.3) is 0 Å². The molecule has 5 rings (SSSR count). The molecule has 0 radical (unpaired) electrons. The zero-order valence-corrected chi connectivity index (χ0v) is 16.5. The van der Waals surface area contributed by atoms with Crippen LogP contribution in [-0.4, -0.2) is 6.04 Å². The van der Waals surface area contributed by atoms with E-state index < -0.39 is 0 Å². The number of para-hydroxylation sites is 1. The highest BCUT2D eigenvalue weighted by atomic mass is 15.2. The van der Waals surface area contributed by atoms with Crippen LogP contribution >= 0.6 is 0 Å². The highest BCUT2D eigenvalue weighted by molar-refractivity contribution is 5.75. The lowest BCUT2D eigenvalue weighted by Crippen LogP contribution is -2.26. The standard InChI is InChI=1S/C27H27N/c1-20(17-21-9-4-2-5-10-21)18-22-15-16-27-25(19-22)24-13-8-14-26(24)28(27)23-11-6-3-7-12-23/h2-7,9-12,15-16,18-19,24,26H,8,13-14,17H2,1H3/b20-18-. The van der Waals surface area contributed by atoms with Crippen molar-refractivity contribution >= 4 is 17.5 Å². The molecule has 2 unspecified atom stereocenters. The molecule has 1 aliphatic heterocycles. The molecule has 2 atom stereocenters. The molecule has 140 valence electrons. The van der Waals surface area contributed by atoms with Gasteiger partial charge in [0.15, 0.2) is 0 Å². The number of allylic oxidation sites excluding steroid dienone is 1. The largest absolute Gasteiger partial charge is 0.338 e. The van der Waals surface area contributed by atoms with E-state index in [9.17, 15) is 0 Å². The average Bonchev–Trinajstić information content (AvgIpc) is 3.30. The van der Waals surface area contributed by atoms with Gasteiger partial charge in [-0.2, -0.15) is 0 Å². The molecule has 0 amide bonds. The molecule has 0 spiro atoms. The Morgan fingerprint density at radius 2 is 1.68 bits per heavy atom. The zero-order chi connectivity index (χ0) is 18.9. The van der Waals surface area contributed by atoms with Gasteiger partial charge in [-0.3, -0.25) is 0 Å². The number of nitrogens with zero attached hydrogens (tertiary/aromatic N) is 1. The van der Waals surface area contributed by atoms with Gasteiger partial charge in [-0.15, -0.1) is 0 Å². The third kappa shape index (κ3) is 3.16. The van der Waals surface area contributed by atoms with Gasteiger partial charge in [-0.25, -0.2) is 0 Å². The van der Waals surface area contributed by atoms with E-state index in [0.29, 0.717) is 12.0 Å². The molecule has 1 aliphatic carbocycles. The van der Waals surface area contributed by atoms with Crippen LogP contribution in [-0.2, 0) is 6.42 Å². The summed E-state index contributed by atoms with van der Waals surface area (Å²) in [7, 11) is 0. The predicted octanol–water partition coefficient (Wildman–Crippen LogP) is 7.12. The van der Waals surface area contributed by atoms with Crippen LogP contribution in [0.4, 0.5) is 11.4 Å². The molecule has 0 N–H and O–H groups in total. The smallest absolute Gasteiger partial charge is 0.0450 e. The minimum absolute atomic E-state index is 0.627. The first-order valence-electron chi connectivity index (χ1n) is 10.5. The van der Waals surface area contributed by atoms with E-state index in [1.807, 2.05) is 0 Å². The number of hydrogen-bond donors (Lipinski definition) is 0. The van der Waals surface area contributed by atoms with Gasteiger partial charge in [0, 0.05) is 23.3 Å². The lowest BCUT2D eigenvalue weighted by Gasteiger charge is -2.27. The van der Waals surface area contributed by atoms with Crippen molar-refractivity contribution in [1.29, 1.82) is 0 Å². The van der Waals surface area contributed by atoms with Crippen molar-refractivity contribution in [3.8, 4) is 0 Å². The molecule has 1 heteroatoms. The Bertz CT molecular complexity index is 987. The topological polar surface area (TPSA) is 3.24 Å². The van der Waals surface area contributed by atoms with Crippen molar-refractivity contribution in [1.82, 2.24) is 0 Å². The fourth-order valence-electron chi connectivity index (χ4n) is 5.14. The first-order chi connectivity index (χ1) is 13.8. The summed E-state index contributed by atoms with van der Waals surface area (Å²) in [5, 5.41) is 0. The van der Waals surface area contributed by atoms with Crippen LogP contribution in [0.5, 0.6) is 0 Å². The molecular formula is C27H27N. The van der Waals surface area contributed by atoms with E-state index >= 15 is 0 Å². The van der Waals surface area contributed by atoms with Crippen molar-refractivity contribution < 1.29 is 0 Å². The summed E-state index contributed by atoms with van der Waals surface area (Å²) < 4.78 is 0. The molecule has 1 nitrogen and oxygen atoms in total. The maximum absolute atomic E-state index is 2.59. The average molecular weight is 366 g/mol. The molecule has 0 aromatic heterocycles. The summed E-state index contributed by atoms with van der Waals surface area (Å²) in [4.78, 5) is 2.59. The van der Waals surface area contributed by atoms with Gasteiger partial charge in [0.05, 0.1) is 0 Å². The molecule has 1 fully saturated rings. The van der Waals surface area contributed by atoms with Crippen molar-refractivity contribution in [3.63, 3.8) is 0 Å². The third-order valence-electron chi connectivity index (χ3n) is 6.29. The van der Waals surface area contributed by atoms with Gasteiger partial charge >= 0.3 is 0 Å². The molecule has 1 saturated carbocycles. The summed E-state index contributed by atoms with van der Waals surface area (Å²) in [6, 6.07) is 29.4. The van der Waals surface area contributed by atoms with Crippen LogP contribution in [0.2, 0.25) is 0 Å². The predicted molar refractivity (Wildman–Crippen MR) is 119 cm³/mol. The van der Waals surface area contributed by atoms with Crippen LogP contribution in [0.15, 0.2) is 84.4 Å². The van der Waals surface area contributed by atoms with E-state index in [-0.39, 0.29) is 0 Å². The summed E-state index contributed by atoms with van der Waals surface area (Å²) in [6.07, 6.45) is 7.33. The Balaban J connectivity index is 1.47. The van der Waals surface area contributed by atoms with Crippen LogP contribution in [0, 0.1) is 0 Å². The van der Waals surface area contributed by atoms with E-state index in [4.69, 9.17) is 0 Å². The van der Waals surface area contributed by atoms with Gasteiger partial charge < -0.3 is 4.90 Å². The third-order valence-corrected chi connectivity index (χ3v) is 6.29. The van der Waals surface area contributed by atoms with E-state index in [1.54, 1.807) is 5.56 Å². The lowest BCUT2D eigenvalue weighted by molar-refractivity contribution is 0.642. The second-order valence-electron chi connectivity index (χ2n) is 8.28. The highest BCUT2D eigenvalue weighted by Gasteiger charge is 2.41. The fraction of sp³-hybridized carbons (Fsp3) is 0.259. The second-order valence-corrected chi connectivity index (χ2v) is 8.28. The summed E-state index contributed by atoms with van der Waals surface area (Å²) in [5.41, 5.74) is 8.43. The number of hydrogen-bond acceptors (Lipinski definition) is 1. The quantitative estimate of drug-likeness (QED) is 0.476. The van der Waals surface area contributed by atoms with Gasteiger partial charge in [-0.1, -0.05) is 72.7 Å². The normalized spacial score (nSPS) is 20.9. The first kappa shape index (κ1) is 17.3. The molecule has 0 saturated heterocycles. The van der Waals surface area contributed by atoms with Crippen molar-refractivity contribution in [3.05, 3.63) is 101 Å². The summed E-state index contributed by atoms with van der Waals surface area (Å²) >= 11 is 0. The number of rotatable bonds is 4. The van der Waals surface area contributed by atoms with Gasteiger partial charge in [-0.05, 0) is 67.1 Å². The lowest BCUT2D eigenvalue weighted by atomic mass is 9.95. The SMILES string of the molecule is C/C(=C/c1ccc2c(c1)C1CCCC1N2c1ccccc1)Cc1ccccc1. The van der Waals surface area contributed by atoms with E-state index in [2.05, 4.69) is 96.8 Å². The van der Waals surface area contributed by atoms with E-state index in [1.165, 1.54) is 47.3 Å². The number of anilines is 2. The van der Waals surface area contributed by atoms with Crippen molar-refractivity contribution in [2.24, 2.45) is 0 Å². The Morgan fingerprint density at radius 1 is 0.929 bits per heavy atom. The molecule has 3 aromatic rings. The maximum atomic E-state index is 2.59. The Morgan fingerprint density at radius 3 is 2.46 bits per heavy atom. The summed E-state index contributed by atoms with van der Waals surface area (Å²) in [5.74, 6) is 0.679.